The van der Waals surface area contributed by atoms with Crippen molar-refractivity contribution in [1.29, 1.82) is 0 Å². The highest BCUT2D eigenvalue weighted by molar-refractivity contribution is 5.39. The van der Waals surface area contributed by atoms with Gasteiger partial charge in [0, 0.05) is 18.0 Å². The number of ether oxygens (including phenoxy) is 1. The van der Waals surface area contributed by atoms with Gasteiger partial charge in [0.25, 0.3) is 0 Å². The van der Waals surface area contributed by atoms with Crippen molar-refractivity contribution in [2.75, 3.05) is 6.54 Å². The molecular weight excluding hydrogens is 265 g/mol. The molecule has 0 radical (unpaired) electrons. The lowest BCUT2D eigenvalue weighted by Crippen LogP contribution is -2.51. The van der Waals surface area contributed by atoms with Crippen molar-refractivity contribution in [2.24, 2.45) is 5.92 Å². The van der Waals surface area contributed by atoms with Crippen LogP contribution in [0.2, 0.25) is 0 Å². The Morgan fingerprint density at radius 1 is 1.33 bits per heavy atom. The van der Waals surface area contributed by atoms with Crippen LogP contribution in [0.15, 0.2) is 18.2 Å². The number of rotatable bonds is 3. The largest absolute Gasteiger partial charge is 0.487 e. The molecule has 1 aromatic rings. The predicted molar refractivity (Wildman–Crippen MR) is 83.0 cm³/mol. The van der Waals surface area contributed by atoms with Gasteiger partial charge in [0.05, 0.1) is 0 Å². The molecule has 1 aromatic carbocycles. The van der Waals surface area contributed by atoms with Crippen molar-refractivity contribution in [3.8, 4) is 5.75 Å². The molecule has 1 heterocycles. The molecule has 1 spiro atoms. The first-order valence-corrected chi connectivity index (χ1v) is 8.40. The van der Waals surface area contributed by atoms with Crippen molar-refractivity contribution >= 4 is 0 Å². The molecule has 116 valence electrons. The van der Waals surface area contributed by atoms with Crippen molar-refractivity contribution in [1.82, 2.24) is 5.32 Å². The molecule has 3 rings (SSSR count). The number of halogens is 1. The normalized spacial score (nSPS) is 31.8. The summed E-state index contributed by atoms with van der Waals surface area (Å²) >= 11 is 0. The third-order valence-corrected chi connectivity index (χ3v) is 5.30. The lowest BCUT2D eigenvalue weighted by atomic mass is 9.69. The average molecular weight is 291 g/mol. The number of hydrogen-bond acceptors (Lipinski definition) is 2. The van der Waals surface area contributed by atoms with E-state index in [9.17, 15) is 4.39 Å². The van der Waals surface area contributed by atoms with Crippen LogP contribution in [0.4, 0.5) is 4.39 Å². The first-order valence-electron chi connectivity index (χ1n) is 8.40. The Hall–Kier alpha value is -1.09. The van der Waals surface area contributed by atoms with E-state index in [0.717, 1.165) is 37.1 Å². The number of fused-ring (bicyclic) bond motifs is 1. The number of benzene rings is 1. The van der Waals surface area contributed by atoms with E-state index in [1.807, 2.05) is 6.07 Å². The highest BCUT2D eigenvalue weighted by Gasteiger charge is 2.47. The summed E-state index contributed by atoms with van der Waals surface area (Å²) in [6.07, 6.45) is 7.07. The van der Waals surface area contributed by atoms with Crippen molar-refractivity contribution in [3.63, 3.8) is 0 Å². The van der Waals surface area contributed by atoms with Gasteiger partial charge in [-0.05, 0) is 56.3 Å². The summed E-state index contributed by atoms with van der Waals surface area (Å²) in [5.74, 6) is 1.33. The van der Waals surface area contributed by atoms with Crippen molar-refractivity contribution < 1.29 is 9.13 Å². The molecule has 0 saturated heterocycles. The molecule has 1 aliphatic heterocycles. The van der Waals surface area contributed by atoms with E-state index < -0.39 is 0 Å². The first kappa shape index (κ1) is 14.8. The quantitative estimate of drug-likeness (QED) is 0.879. The van der Waals surface area contributed by atoms with Gasteiger partial charge in [0.15, 0.2) is 0 Å². The van der Waals surface area contributed by atoms with Gasteiger partial charge >= 0.3 is 0 Å². The Morgan fingerprint density at radius 2 is 2.19 bits per heavy atom. The standard InChI is InChI=1S/C18H26FNO/c1-3-13-7-5-6-10-18(13)12-16(20-4-2)15-11-14(19)8-9-17(15)21-18/h8-9,11,13,16,20H,3-7,10,12H2,1-2H3. The minimum atomic E-state index is -0.174. The highest BCUT2D eigenvalue weighted by atomic mass is 19.1. The van der Waals surface area contributed by atoms with Crippen LogP contribution < -0.4 is 10.1 Å². The van der Waals surface area contributed by atoms with Crippen LogP contribution >= 0.6 is 0 Å². The maximum absolute atomic E-state index is 13.6. The predicted octanol–water partition coefficient (Wildman–Crippen LogP) is 4.60. The van der Waals surface area contributed by atoms with Gasteiger partial charge in [-0.25, -0.2) is 4.39 Å². The van der Waals surface area contributed by atoms with Crippen LogP contribution in [0.3, 0.4) is 0 Å². The number of hydrogen-bond donors (Lipinski definition) is 1. The SMILES string of the molecule is CCNC1CC2(CCCCC2CC)Oc2ccc(F)cc21. The van der Waals surface area contributed by atoms with Crippen LogP contribution in [0, 0.1) is 11.7 Å². The molecule has 0 bridgehead atoms. The zero-order valence-electron chi connectivity index (χ0n) is 13.1. The van der Waals surface area contributed by atoms with Crippen molar-refractivity contribution in [3.05, 3.63) is 29.6 Å². The van der Waals surface area contributed by atoms with Gasteiger partial charge in [0.2, 0.25) is 0 Å². The maximum Gasteiger partial charge on any atom is 0.125 e. The summed E-state index contributed by atoms with van der Waals surface area (Å²) in [5.41, 5.74) is 0.938. The minimum Gasteiger partial charge on any atom is -0.487 e. The molecular formula is C18H26FNO. The molecule has 2 aliphatic rings. The third-order valence-electron chi connectivity index (χ3n) is 5.30. The van der Waals surface area contributed by atoms with E-state index >= 15 is 0 Å². The van der Waals surface area contributed by atoms with Gasteiger partial charge in [-0.2, -0.15) is 0 Å². The fraction of sp³-hybridized carbons (Fsp3) is 0.667. The monoisotopic (exact) mass is 291 g/mol. The summed E-state index contributed by atoms with van der Waals surface area (Å²) in [7, 11) is 0. The fourth-order valence-electron chi connectivity index (χ4n) is 4.29. The first-order chi connectivity index (χ1) is 10.2. The fourth-order valence-corrected chi connectivity index (χ4v) is 4.29. The van der Waals surface area contributed by atoms with E-state index in [1.54, 1.807) is 6.07 Å². The molecule has 0 amide bonds. The van der Waals surface area contributed by atoms with E-state index in [-0.39, 0.29) is 17.5 Å². The number of nitrogens with one attached hydrogen (secondary N) is 1. The van der Waals surface area contributed by atoms with Crippen molar-refractivity contribution in [2.45, 2.75) is 64.0 Å². The van der Waals surface area contributed by atoms with E-state index in [4.69, 9.17) is 4.74 Å². The minimum absolute atomic E-state index is 0.0509. The van der Waals surface area contributed by atoms with Gasteiger partial charge < -0.3 is 10.1 Å². The molecule has 1 N–H and O–H groups in total. The van der Waals surface area contributed by atoms with Crippen LogP contribution in [-0.2, 0) is 0 Å². The average Bonchev–Trinajstić information content (AvgIpc) is 2.49. The molecule has 21 heavy (non-hydrogen) atoms. The summed E-state index contributed by atoms with van der Waals surface area (Å²) in [6, 6.07) is 5.18. The Labute approximate surface area is 127 Å². The highest BCUT2D eigenvalue weighted by Crippen LogP contribution is 2.49. The van der Waals surface area contributed by atoms with E-state index in [2.05, 4.69) is 19.2 Å². The lowest BCUT2D eigenvalue weighted by Gasteiger charge is -2.49. The second-order valence-corrected chi connectivity index (χ2v) is 6.51. The Kier molecular flexibility index (Phi) is 4.21. The molecule has 2 nitrogen and oxygen atoms in total. The third kappa shape index (κ3) is 2.68. The Balaban J connectivity index is 1.98. The second-order valence-electron chi connectivity index (χ2n) is 6.51. The van der Waals surface area contributed by atoms with E-state index in [0.29, 0.717) is 5.92 Å². The molecule has 3 unspecified atom stereocenters. The summed E-state index contributed by atoms with van der Waals surface area (Å²) in [5, 5.41) is 3.54. The van der Waals surface area contributed by atoms with Gasteiger partial charge in [-0.15, -0.1) is 0 Å². The maximum atomic E-state index is 13.6. The van der Waals surface area contributed by atoms with Crippen LogP contribution in [0.1, 0.15) is 64.0 Å². The second kappa shape index (κ2) is 5.96. The van der Waals surface area contributed by atoms with Gasteiger partial charge in [-0.1, -0.05) is 20.3 Å². The van der Waals surface area contributed by atoms with Gasteiger partial charge in [0.1, 0.15) is 17.2 Å². The molecule has 0 aromatic heterocycles. The molecule has 3 heteroatoms. The zero-order valence-corrected chi connectivity index (χ0v) is 13.1. The van der Waals surface area contributed by atoms with Crippen LogP contribution in [-0.4, -0.2) is 12.1 Å². The summed E-state index contributed by atoms with van der Waals surface area (Å²) < 4.78 is 20.1. The molecule has 3 atom stereocenters. The lowest BCUT2D eigenvalue weighted by molar-refractivity contribution is -0.0524. The molecule has 1 fully saturated rings. The molecule has 1 aliphatic carbocycles. The van der Waals surface area contributed by atoms with Crippen LogP contribution in [0.5, 0.6) is 5.75 Å². The van der Waals surface area contributed by atoms with Gasteiger partial charge in [-0.3, -0.25) is 0 Å². The van der Waals surface area contributed by atoms with E-state index in [1.165, 1.54) is 25.3 Å². The smallest absolute Gasteiger partial charge is 0.125 e. The molecule has 1 saturated carbocycles. The summed E-state index contributed by atoms with van der Waals surface area (Å²) in [6.45, 7) is 5.27. The zero-order chi connectivity index (χ0) is 14.9. The summed E-state index contributed by atoms with van der Waals surface area (Å²) in [4.78, 5) is 0. The topological polar surface area (TPSA) is 21.3 Å². The van der Waals surface area contributed by atoms with Crippen LogP contribution in [0.25, 0.3) is 0 Å². The Bertz CT molecular complexity index is 504. The Morgan fingerprint density at radius 3 is 2.95 bits per heavy atom.